The lowest BCUT2D eigenvalue weighted by molar-refractivity contribution is 0.0979. The lowest BCUT2D eigenvalue weighted by Crippen LogP contribution is -2.12. The van der Waals surface area contributed by atoms with Crippen LogP contribution in [0.1, 0.15) is 21.8 Å². The molecule has 0 saturated carbocycles. The van der Waals surface area contributed by atoms with Gasteiger partial charge in [-0.1, -0.05) is 45.2 Å². The van der Waals surface area contributed by atoms with Gasteiger partial charge in [0.1, 0.15) is 11.7 Å². The second kappa shape index (κ2) is 6.57. The van der Waals surface area contributed by atoms with Gasteiger partial charge in [0.2, 0.25) is 0 Å². The van der Waals surface area contributed by atoms with Gasteiger partial charge in [0.25, 0.3) is 0 Å². The predicted octanol–water partition coefficient (Wildman–Crippen LogP) is 5.39. The van der Waals surface area contributed by atoms with E-state index in [0.29, 0.717) is 0 Å². The van der Waals surface area contributed by atoms with Gasteiger partial charge in [0.15, 0.2) is 5.78 Å². The number of rotatable bonds is 3. The van der Waals surface area contributed by atoms with Crippen LogP contribution in [-0.4, -0.2) is 5.78 Å². The monoisotopic (exact) mass is 385 g/mol. The molecule has 0 fully saturated rings. The van der Waals surface area contributed by atoms with E-state index < -0.39 is 17.5 Å². The van der Waals surface area contributed by atoms with E-state index in [1.807, 2.05) is 6.07 Å². The van der Waals surface area contributed by atoms with Gasteiger partial charge >= 0.3 is 0 Å². The number of carbonyl (C=O) groups is 1. The molecule has 0 amide bonds. The van der Waals surface area contributed by atoms with Crippen molar-refractivity contribution in [1.82, 2.24) is 0 Å². The third-order valence-electron chi connectivity index (χ3n) is 2.86. The number of hydrogen-bond donors (Lipinski definition) is 0. The molecule has 21 heavy (non-hydrogen) atoms. The van der Waals surface area contributed by atoms with Crippen LogP contribution < -0.4 is 0 Å². The average molecular weight is 387 g/mol. The van der Waals surface area contributed by atoms with Gasteiger partial charge in [0.05, 0.1) is 11.1 Å². The number of Topliss-reactive ketones (excluding diaryl/α,β-unsaturated/α-hetero) is 1. The lowest BCUT2D eigenvalue weighted by Gasteiger charge is -2.12. The minimum absolute atomic E-state index is 0.0307. The molecular formula is C15H7BrCl2FNO. The van der Waals surface area contributed by atoms with Crippen LogP contribution in [0.3, 0.4) is 0 Å². The molecule has 0 aliphatic heterocycles. The molecule has 2 aromatic carbocycles. The maximum atomic E-state index is 13.1. The summed E-state index contributed by atoms with van der Waals surface area (Å²) in [6.45, 7) is 0. The van der Waals surface area contributed by atoms with Gasteiger partial charge in [-0.05, 0) is 35.9 Å². The Morgan fingerprint density at radius 2 is 1.90 bits per heavy atom. The predicted molar refractivity (Wildman–Crippen MR) is 83.2 cm³/mol. The van der Waals surface area contributed by atoms with Crippen LogP contribution in [0, 0.1) is 17.1 Å². The molecule has 6 heteroatoms. The molecule has 2 aromatic rings. The van der Waals surface area contributed by atoms with Crippen LogP contribution in [0.2, 0.25) is 10.0 Å². The van der Waals surface area contributed by atoms with Crippen molar-refractivity contribution < 1.29 is 9.18 Å². The van der Waals surface area contributed by atoms with E-state index >= 15 is 0 Å². The van der Waals surface area contributed by atoms with Crippen LogP contribution in [0.15, 0.2) is 40.9 Å². The third-order valence-corrected chi connectivity index (χ3v) is 3.99. The van der Waals surface area contributed by atoms with E-state index in [0.717, 1.165) is 16.6 Å². The Hall–Kier alpha value is -1.41. The van der Waals surface area contributed by atoms with Crippen molar-refractivity contribution in [2.45, 2.75) is 5.92 Å². The molecule has 0 bridgehead atoms. The molecule has 0 heterocycles. The molecule has 1 atom stereocenters. The van der Waals surface area contributed by atoms with Crippen molar-refractivity contribution >= 4 is 44.9 Å². The van der Waals surface area contributed by atoms with Crippen LogP contribution >= 0.6 is 39.1 Å². The molecule has 1 unspecified atom stereocenters. The van der Waals surface area contributed by atoms with Crippen molar-refractivity contribution in [3.63, 3.8) is 0 Å². The minimum atomic E-state index is -1.14. The number of hydrogen-bond acceptors (Lipinski definition) is 2. The number of ketones is 1. The summed E-state index contributed by atoms with van der Waals surface area (Å²) in [4.78, 5) is 12.5. The molecule has 2 nitrogen and oxygen atoms in total. The van der Waals surface area contributed by atoms with Crippen molar-refractivity contribution in [3.05, 3.63) is 67.9 Å². The first-order chi connectivity index (χ1) is 9.93. The molecule has 0 aliphatic rings. The Labute approximate surface area is 139 Å². The fourth-order valence-corrected chi connectivity index (χ4v) is 2.89. The molecule has 0 spiro atoms. The smallest absolute Gasteiger partial charge is 0.186 e. The summed E-state index contributed by atoms with van der Waals surface area (Å²) in [7, 11) is 0. The van der Waals surface area contributed by atoms with Gasteiger partial charge in [-0.3, -0.25) is 4.79 Å². The van der Waals surface area contributed by atoms with E-state index in [4.69, 9.17) is 23.2 Å². The molecular weight excluding hydrogens is 380 g/mol. The maximum Gasteiger partial charge on any atom is 0.186 e. The van der Waals surface area contributed by atoms with Crippen LogP contribution in [0.4, 0.5) is 4.39 Å². The quantitative estimate of drug-likeness (QED) is 0.664. The topological polar surface area (TPSA) is 40.9 Å². The van der Waals surface area contributed by atoms with E-state index in [1.54, 1.807) is 12.1 Å². The van der Waals surface area contributed by atoms with Gasteiger partial charge in [-0.25, -0.2) is 4.39 Å². The van der Waals surface area contributed by atoms with Crippen LogP contribution in [0.25, 0.3) is 0 Å². The molecule has 2 rings (SSSR count). The second-order valence-corrected chi connectivity index (χ2v) is 5.95. The Morgan fingerprint density at radius 3 is 2.48 bits per heavy atom. The first kappa shape index (κ1) is 16.0. The van der Waals surface area contributed by atoms with E-state index in [1.165, 1.54) is 12.1 Å². The number of benzene rings is 2. The van der Waals surface area contributed by atoms with Crippen molar-refractivity contribution in [2.75, 3.05) is 0 Å². The van der Waals surface area contributed by atoms with Crippen LogP contribution in [-0.2, 0) is 0 Å². The highest BCUT2D eigenvalue weighted by Crippen LogP contribution is 2.31. The summed E-state index contributed by atoms with van der Waals surface area (Å²) >= 11 is 15.2. The fraction of sp³-hybridized carbons (Fsp3) is 0.0667. The number of carbonyl (C=O) groups excluding carboxylic acids is 1. The van der Waals surface area contributed by atoms with Gasteiger partial charge in [0, 0.05) is 15.1 Å². The fourth-order valence-electron chi connectivity index (χ4n) is 1.85. The largest absolute Gasteiger partial charge is 0.292 e. The summed E-state index contributed by atoms with van der Waals surface area (Å²) in [6, 6.07) is 10.2. The highest BCUT2D eigenvalue weighted by molar-refractivity contribution is 9.10. The van der Waals surface area contributed by atoms with Crippen molar-refractivity contribution in [3.8, 4) is 6.07 Å². The highest BCUT2D eigenvalue weighted by atomic mass is 79.9. The van der Waals surface area contributed by atoms with Crippen molar-refractivity contribution in [1.29, 1.82) is 5.26 Å². The highest BCUT2D eigenvalue weighted by Gasteiger charge is 2.25. The summed E-state index contributed by atoms with van der Waals surface area (Å²) in [6.07, 6.45) is 0. The Bertz CT molecular complexity index is 758. The van der Waals surface area contributed by atoms with Crippen LogP contribution in [0.5, 0.6) is 0 Å². The minimum Gasteiger partial charge on any atom is -0.292 e. The van der Waals surface area contributed by atoms with E-state index in [9.17, 15) is 14.4 Å². The molecule has 106 valence electrons. The summed E-state index contributed by atoms with van der Waals surface area (Å²) < 4.78 is 13.8. The lowest BCUT2D eigenvalue weighted by atomic mass is 9.92. The first-order valence-electron chi connectivity index (χ1n) is 5.78. The number of nitrogens with zero attached hydrogens (tertiary/aromatic N) is 1. The SMILES string of the molecule is N#CC(C(=O)c1ccc(Br)cc1Cl)c1ccc(F)cc1Cl. The third kappa shape index (κ3) is 3.44. The molecule has 0 N–H and O–H groups in total. The summed E-state index contributed by atoms with van der Waals surface area (Å²) in [5, 5.41) is 9.54. The second-order valence-electron chi connectivity index (χ2n) is 4.22. The Balaban J connectivity index is 2.46. The average Bonchev–Trinajstić information content (AvgIpc) is 2.41. The normalized spacial score (nSPS) is 11.8. The zero-order valence-electron chi connectivity index (χ0n) is 10.4. The molecule has 0 aliphatic carbocycles. The number of halogens is 4. The zero-order valence-corrected chi connectivity index (χ0v) is 13.5. The Kier molecular flexibility index (Phi) is 5.00. The zero-order chi connectivity index (χ0) is 15.6. The summed E-state index contributed by atoms with van der Waals surface area (Å²) in [5.41, 5.74) is 0.469. The van der Waals surface area contributed by atoms with Crippen molar-refractivity contribution in [2.24, 2.45) is 0 Å². The van der Waals surface area contributed by atoms with E-state index in [-0.39, 0.29) is 21.2 Å². The first-order valence-corrected chi connectivity index (χ1v) is 7.32. The molecule has 0 saturated heterocycles. The van der Waals surface area contributed by atoms with Gasteiger partial charge in [-0.2, -0.15) is 5.26 Å². The Morgan fingerprint density at radius 1 is 1.19 bits per heavy atom. The van der Waals surface area contributed by atoms with E-state index in [2.05, 4.69) is 15.9 Å². The number of nitriles is 1. The standard InChI is InChI=1S/C15H7BrCl2FNO/c16-8-1-3-11(13(17)5-8)15(21)12(7-20)10-4-2-9(19)6-14(10)18/h1-6,12H. The molecule has 0 aromatic heterocycles. The van der Waals surface area contributed by atoms with Gasteiger partial charge < -0.3 is 0 Å². The van der Waals surface area contributed by atoms with Gasteiger partial charge in [-0.15, -0.1) is 0 Å². The maximum absolute atomic E-state index is 13.1. The summed E-state index contributed by atoms with van der Waals surface area (Å²) in [5.74, 6) is -2.16. The molecule has 0 radical (unpaired) electrons.